The minimum atomic E-state index is -0.843. The fourth-order valence-corrected chi connectivity index (χ4v) is 3.59. The molecule has 0 aliphatic carbocycles. The number of aliphatic hydroxyl groups is 1. The largest absolute Gasteiger partial charge is 0.383 e. The molecule has 27 heavy (non-hydrogen) atoms. The molecule has 1 aliphatic heterocycles. The maximum absolute atomic E-state index is 11.2. The van der Waals surface area contributed by atoms with E-state index in [1.54, 1.807) is 6.20 Å². The van der Waals surface area contributed by atoms with Crippen LogP contribution < -0.4 is 4.90 Å². The monoisotopic (exact) mass is 364 g/mol. The number of aryl methyl sites for hydroxylation is 1. The maximum Gasteiger partial charge on any atom is 0.259 e. The molecular weight excluding hydrogens is 340 g/mol. The molecule has 0 amide bonds. The molecule has 2 aromatic heterocycles. The van der Waals surface area contributed by atoms with Crippen LogP contribution in [0.2, 0.25) is 0 Å². The van der Waals surface area contributed by atoms with Crippen LogP contribution in [0.4, 0.5) is 5.82 Å². The van der Waals surface area contributed by atoms with Gasteiger partial charge in [0.1, 0.15) is 11.4 Å². The highest BCUT2D eigenvalue weighted by Gasteiger charge is 2.39. The van der Waals surface area contributed by atoms with E-state index in [1.165, 1.54) is 0 Å². The Kier molecular flexibility index (Phi) is 4.44. The minimum absolute atomic E-state index is 0.221. The van der Waals surface area contributed by atoms with Crippen molar-refractivity contribution in [1.82, 2.24) is 15.1 Å². The highest BCUT2D eigenvalue weighted by Crippen LogP contribution is 2.35. The lowest BCUT2D eigenvalue weighted by molar-refractivity contribution is 0.0600. The Morgan fingerprint density at radius 2 is 2.00 bits per heavy atom. The van der Waals surface area contributed by atoms with Crippen LogP contribution in [0.1, 0.15) is 43.1 Å². The van der Waals surface area contributed by atoms with Gasteiger partial charge in [0.25, 0.3) is 5.89 Å². The van der Waals surface area contributed by atoms with E-state index in [4.69, 9.17) is 4.52 Å². The lowest BCUT2D eigenvalue weighted by Crippen LogP contribution is -2.31. The average molecular weight is 364 g/mol. The van der Waals surface area contributed by atoms with Gasteiger partial charge in [0, 0.05) is 18.7 Å². The van der Waals surface area contributed by atoms with Crippen LogP contribution in [-0.2, 0) is 5.60 Å². The fourth-order valence-electron chi connectivity index (χ4n) is 3.59. The van der Waals surface area contributed by atoms with Gasteiger partial charge in [0.15, 0.2) is 5.82 Å². The van der Waals surface area contributed by atoms with E-state index in [0.29, 0.717) is 24.7 Å². The Hall–Kier alpha value is -2.73. The van der Waals surface area contributed by atoms with Crippen molar-refractivity contribution in [3.63, 3.8) is 0 Å². The normalized spacial score (nSPS) is 19.8. The van der Waals surface area contributed by atoms with Crippen molar-refractivity contribution in [3.8, 4) is 11.5 Å². The summed E-state index contributed by atoms with van der Waals surface area (Å²) in [4.78, 5) is 11.1. The number of aromatic nitrogens is 3. The van der Waals surface area contributed by atoms with E-state index in [2.05, 4.69) is 20.0 Å². The van der Waals surface area contributed by atoms with Gasteiger partial charge in [0.2, 0.25) is 0 Å². The molecule has 6 heteroatoms. The molecule has 0 bridgehead atoms. The minimum Gasteiger partial charge on any atom is -0.383 e. The summed E-state index contributed by atoms with van der Waals surface area (Å²) in [7, 11) is 0. The summed E-state index contributed by atoms with van der Waals surface area (Å²) in [6.45, 7) is 7.38. The summed E-state index contributed by atoms with van der Waals surface area (Å²) in [5.41, 5.74) is 2.06. The van der Waals surface area contributed by atoms with Crippen molar-refractivity contribution in [2.75, 3.05) is 18.0 Å². The van der Waals surface area contributed by atoms with Crippen molar-refractivity contribution >= 4 is 5.82 Å². The SMILES string of the molecule is Cc1ccccc1[C@@]1(O)CCN(c2ccc(-c3nc(C(C)C)no3)cn2)C1. The summed E-state index contributed by atoms with van der Waals surface area (Å²) in [5, 5.41) is 15.2. The summed E-state index contributed by atoms with van der Waals surface area (Å²) in [6.07, 6.45) is 2.43. The quantitative estimate of drug-likeness (QED) is 0.761. The molecule has 1 N–H and O–H groups in total. The molecule has 3 aromatic rings. The number of benzene rings is 1. The number of hydrogen-bond acceptors (Lipinski definition) is 6. The Morgan fingerprint density at radius 1 is 1.19 bits per heavy atom. The molecule has 1 aromatic carbocycles. The molecule has 0 saturated carbocycles. The lowest BCUT2D eigenvalue weighted by atomic mass is 9.89. The zero-order chi connectivity index (χ0) is 19.0. The molecular formula is C21H24N4O2. The molecule has 0 unspecified atom stereocenters. The number of nitrogens with zero attached hydrogens (tertiary/aromatic N) is 4. The van der Waals surface area contributed by atoms with E-state index in [9.17, 15) is 5.11 Å². The van der Waals surface area contributed by atoms with Gasteiger partial charge in [0.05, 0.1) is 12.1 Å². The molecule has 1 atom stereocenters. The molecule has 140 valence electrons. The van der Waals surface area contributed by atoms with Crippen LogP contribution in [-0.4, -0.2) is 33.3 Å². The van der Waals surface area contributed by atoms with Gasteiger partial charge < -0.3 is 14.5 Å². The second-order valence-electron chi connectivity index (χ2n) is 7.54. The number of β-amino-alcohol motifs (C(OH)–C–C–N with tert-alkyl or cyclic N) is 1. The molecule has 6 nitrogen and oxygen atoms in total. The van der Waals surface area contributed by atoms with Crippen LogP contribution >= 0.6 is 0 Å². The van der Waals surface area contributed by atoms with Crippen LogP contribution in [0.15, 0.2) is 47.1 Å². The van der Waals surface area contributed by atoms with Crippen molar-refractivity contribution in [3.05, 3.63) is 59.5 Å². The van der Waals surface area contributed by atoms with Crippen molar-refractivity contribution < 1.29 is 9.63 Å². The molecule has 3 heterocycles. The van der Waals surface area contributed by atoms with Gasteiger partial charge in [-0.3, -0.25) is 0 Å². The van der Waals surface area contributed by atoms with Crippen LogP contribution in [0.3, 0.4) is 0 Å². The van der Waals surface area contributed by atoms with E-state index in [0.717, 1.165) is 29.1 Å². The lowest BCUT2D eigenvalue weighted by Gasteiger charge is -2.26. The Morgan fingerprint density at radius 3 is 2.67 bits per heavy atom. The van der Waals surface area contributed by atoms with Gasteiger partial charge in [-0.15, -0.1) is 0 Å². The van der Waals surface area contributed by atoms with E-state index in [-0.39, 0.29) is 5.92 Å². The predicted octanol–water partition coefficient (Wildman–Crippen LogP) is 3.66. The first-order chi connectivity index (χ1) is 13.0. The van der Waals surface area contributed by atoms with Gasteiger partial charge in [-0.05, 0) is 36.6 Å². The molecule has 1 fully saturated rings. The first kappa shape index (κ1) is 17.7. The summed E-state index contributed by atoms with van der Waals surface area (Å²) < 4.78 is 5.33. The summed E-state index contributed by atoms with van der Waals surface area (Å²) in [5.74, 6) is 2.23. The standard InChI is InChI=1S/C21H24N4O2/c1-14(2)19-23-20(27-24-19)16-8-9-18(22-12-16)25-11-10-21(26,13-25)17-7-5-4-6-15(17)3/h4-9,12,14,26H,10-11,13H2,1-3H3/t21-/m1/s1. The van der Waals surface area contributed by atoms with Gasteiger partial charge in [-0.1, -0.05) is 43.3 Å². The van der Waals surface area contributed by atoms with Crippen LogP contribution in [0.25, 0.3) is 11.5 Å². The molecule has 0 spiro atoms. The van der Waals surface area contributed by atoms with Crippen LogP contribution in [0.5, 0.6) is 0 Å². The first-order valence-electron chi connectivity index (χ1n) is 9.30. The van der Waals surface area contributed by atoms with Crippen molar-refractivity contribution in [2.45, 2.75) is 38.7 Å². The highest BCUT2D eigenvalue weighted by atomic mass is 16.5. The second kappa shape index (κ2) is 6.78. The Balaban J connectivity index is 1.52. The third kappa shape index (κ3) is 3.32. The van der Waals surface area contributed by atoms with E-state index >= 15 is 0 Å². The van der Waals surface area contributed by atoms with Gasteiger partial charge >= 0.3 is 0 Å². The number of pyridine rings is 1. The first-order valence-corrected chi connectivity index (χ1v) is 9.30. The topological polar surface area (TPSA) is 75.3 Å². The summed E-state index contributed by atoms with van der Waals surface area (Å²) >= 11 is 0. The van der Waals surface area contributed by atoms with Gasteiger partial charge in [-0.25, -0.2) is 4.98 Å². The third-order valence-corrected chi connectivity index (χ3v) is 5.17. The molecule has 4 rings (SSSR count). The highest BCUT2D eigenvalue weighted by molar-refractivity contribution is 5.55. The summed E-state index contributed by atoms with van der Waals surface area (Å²) in [6, 6.07) is 11.9. The smallest absolute Gasteiger partial charge is 0.259 e. The maximum atomic E-state index is 11.2. The van der Waals surface area contributed by atoms with E-state index in [1.807, 2.05) is 57.2 Å². The Bertz CT molecular complexity index is 935. The fraction of sp³-hybridized carbons (Fsp3) is 0.381. The third-order valence-electron chi connectivity index (χ3n) is 5.17. The molecule has 0 radical (unpaired) electrons. The number of anilines is 1. The van der Waals surface area contributed by atoms with E-state index < -0.39 is 5.60 Å². The zero-order valence-corrected chi connectivity index (χ0v) is 15.9. The Labute approximate surface area is 158 Å². The average Bonchev–Trinajstić information content (AvgIpc) is 3.30. The number of hydrogen-bond donors (Lipinski definition) is 1. The van der Waals surface area contributed by atoms with Crippen molar-refractivity contribution in [2.24, 2.45) is 0 Å². The zero-order valence-electron chi connectivity index (χ0n) is 15.9. The van der Waals surface area contributed by atoms with Crippen molar-refractivity contribution in [1.29, 1.82) is 0 Å². The van der Waals surface area contributed by atoms with Gasteiger partial charge in [-0.2, -0.15) is 4.98 Å². The van der Waals surface area contributed by atoms with Crippen LogP contribution in [0, 0.1) is 6.92 Å². The molecule has 1 saturated heterocycles. The molecule has 1 aliphatic rings. The predicted molar refractivity (Wildman–Crippen MR) is 104 cm³/mol. The number of rotatable bonds is 4. The second-order valence-corrected chi connectivity index (χ2v) is 7.54.